The summed E-state index contributed by atoms with van der Waals surface area (Å²) in [6.07, 6.45) is 1.30. The van der Waals surface area contributed by atoms with E-state index in [0.29, 0.717) is 12.1 Å². The minimum atomic E-state index is -1.13. The number of amides is 4. The molecule has 0 aliphatic carbocycles. The van der Waals surface area contributed by atoms with Gasteiger partial charge in [-0.05, 0) is 30.8 Å². The number of hydrogen-bond donors (Lipinski definition) is 1. The van der Waals surface area contributed by atoms with Gasteiger partial charge in [-0.15, -0.1) is 0 Å². The molecule has 1 saturated heterocycles. The fourth-order valence-corrected chi connectivity index (χ4v) is 2.60. The Morgan fingerprint density at radius 3 is 2.46 bits per heavy atom. The number of barbiturate groups is 1. The number of likely N-dealkylation sites (N-methyl/N-ethyl adjacent to an activating group) is 1. The number of nitrogens with one attached hydrogen (secondary N) is 1. The molecule has 0 bridgehead atoms. The van der Waals surface area contributed by atoms with Crippen molar-refractivity contribution in [1.82, 2.24) is 15.1 Å². The van der Waals surface area contributed by atoms with Crippen molar-refractivity contribution < 1.29 is 18.8 Å². The summed E-state index contributed by atoms with van der Waals surface area (Å²) in [6.45, 7) is 7.04. The molecule has 1 aromatic carbocycles. The molecule has 2 rings (SSSR count). The lowest BCUT2D eigenvalue weighted by Gasteiger charge is -2.28. The van der Waals surface area contributed by atoms with Gasteiger partial charge in [-0.1, -0.05) is 26.0 Å². The molecule has 1 fully saturated rings. The SMILES string of the molecule is CCN(CC)CCN=CC1C(=O)NC(=O)N(Cc2ccc(F)cc2)C1=O. The lowest BCUT2D eigenvalue weighted by Crippen LogP contribution is -2.57. The first-order chi connectivity index (χ1) is 12.5. The molecule has 0 radical (unpaired) electrons. The van der Waals surface area contributed by atoms with E-state index in [1.165, 1.54) is 30.5 Å². The van der Waals surface area contributed by atoms with Crippen LogP contribution in [-0.2, 0) is 16.1 Å². The molecular weight excluding hydrogens is 339 g/mol. The van der Waals surface area contributed by atoms with Crippen LogP contribution >= 0.6 is 0 Å². The zero-order valence-corrected chi connectivity index (χ0v) is 14.9. The molecule has 0 saturated carbocycles. The van der Waals surface area contributed by atoms with Crippen LogP contribution in [0, 0.1) is 11.7 Å². The van der Waals surface area contributed by atoms with E-state index in [9.17, 15) is 18.8 Å². The normalized spacial score (nSPS) is 18.1. The Balaban J connectivity index is 2.03. The Hall–Kier alpha value is -2.61. The zero-order chi connectivity index (χ0) is 19.1. The third-order valence-electron chi connectivity index (χ3n) is 4.24. The molecule has 0 spiro atoms. The fraction of sp³-hybridized carbons (Fsp3) is 0.444. The maximum Gasteiger partial charge on any atom is 0.331 e. The molecule has 1 atom stereocenters. The molecule has 1 aromatic rings. The number of hydrogen-bond acceptors (Lipinski definition) is 5. The number of nitrogens with zero attached hydrogens (tertiary/aromatic N) is 3. The molecule has 1 aliphatic heterocycles. The van der Waals surface area contributed by atoms with Gasteiger partial charge < -0.3 is 4.90 Å². The maximum absolute atomic E-state index is 13.0. The topological polar surface area (TPSA) is 82.1 Å². The van der Waals surface area contributed by atoms with Crippen LogP contribution in [0.2, 0.25) is 0 Å². The molecule has 1 aliphatic rings. The second kappa shape index (κ2) is 9.19. The summed E-state index contributed by atoms with van der Waals surface area (Å²) in [5.74, 6) is -2.85. The van der Waals surface area contributed by atoms with Gasteiger partial charge in [0.05, 0.1) is 13.1 Å². The Morgan fingerprint density at radius 2 is 1.85 bits per heavy atom. The highest BCUT2D eigenvalue weighted by Crippen LogP contribution is 2.14. The maximum atomic E-state index is 13.0. The number of carbonyl (C=O) groups excluding carboxylic acids is 3. The van der Waals surface area contributed by atoms with Crippen molar-refractivity contribution in [2.75, 3.05) is 26.2 Å². The molecule has 0 aromatic heterocycles. The van der Waals surface area contributed by atoms with Gasteiger partial charge in [0.25, 0.3) is 0 Å². The number of benzene rings is 1. The van der Waals surface area contributed by atoms with Crippen LogP contribution in [-0.4, -0.2) is 60.0 Å². The van der Waals surface area contributed by atoms with E-state index in [-0.39, 0.29) is 6.54 Å². The molecule has 1 heterocycles. The van der Waals surface area contributed by atoms with Gasteiger partial charge in [0, 0.05) is 12.8 Å². The molecule has 4 amide bonds. The Labute approximate surface area is 151 Å². The number of carbonyl (C=O) groups is 3. The summed E-state index contributed by atoms with van der Waals surface area (Å²) in [6, 6.07) is 4.69. The summed E-state index contributed by atoms with van der Waals surface area (Å²) in [4.78, 5) is 43.8. The molecule has 7 nitrogen and oxygen atoms in total. The highest BCUT2D eigenvalue weighted by atomic mass is 19.1. The Bertz CT molecular complexity index is 686. The van der Waals surface area contributed by atoms with Crippen molar-refractivity contribution >= 4 is 24.1 Å². The van der Waals surface area contributed by atoms with Gasteiger partial charge in [0.1, 0.15) is 5.82 Å². The van der Waals surface area contributed by atoms with Crippen molar-refractivity contribution in [3.05, 3.63) is 35.6 Å². The lowest BCUT2D eigenvalue weighted by atomic mass is 10.1. The van der Waals surface area contributed by atoms with Gasteiger partial charge >= 0.3 is 6.03 Å². The summed E-state index contributed by atoms with van der Waals surface area (Å²) in [5.41, 5.74) is 0.585. The first kappa shape index (κ1) is 19.7. The van der Waals surface area contributed by atoms with Crippen molar-refractivity contribution in [1.29, 1.82) is 0 Å². The van der Waals surface area contributed by atoms with Crippen LogP contribution in [0.3, 0.4) is 0 Å². The number of imide groups is 2. The Morgan fingerprint density at radius 1 is 1.19 bits per heavy atom. The lowest BCUT2D eigenvalue weighted by molar-refractivity contribution is -0.139. The van der Waals surface area contributed by atoms with Gasteiger partial charge in [-0.25, -0.2) is 9.18 Å². The Kier molecular flexibility index (Phi) is 6.97. The molecule has 140 valence electrons. The van der Waals surface area contributed by atoms with E-state index < -0.39 is 29.6 Å². The van der Waals surface area contributed by atoms with Crippen molar-refractivity contribution in [3.63, 3.8) is 0 Å². The third kappa shape index (κ3) is 4.95. The fourth-order valence-electron chi connectivity index (χ4n) is 2.60. The summed E-state index contributed by atoms with van der Waals surface area (Å²) >= 11 is 0. The van der Waals surface area contributed by atoms with Crippen LogP contribution in [0.5, 0.6) is 0 Å². The average molecular weight is 362 g/mol. The van der Waals surface area contributed by atoms with E-state index in [0.717, 1.165) is 24.5 Å². The van der Waals surface area contributed by atoms with E-state index >= 15 is 0 Å². The smallest absolute Gasteiger partial charge is 0.302 e. The molecule has 1 unspecified atom stereocenters. The van der Waals surface area contributed by atoms with Crippen LogP contribution in [0.15, 0.2) is 29.3 Å². The largest absolute Gasteiger partial charge is 0.331 e. The number of urea groups is 1. The third-order valence-corrected chi connectivity index (χ3v) is 4.24. The monoisotopic (exact) mass is 362 g/mol. The molecule has 8 heteroatoms. The highest BCUT2D eigenvalue weighted by molar-refractivity contribution is 6.23. The number of rotatable bonds is 8. The van der Waals surface area contributed by atoms with Gasteiger partial charge in [0.2, 0.25) is 11.8 Å². The standard InChI is InChI=1S/C18H23FN4O3/c1-3-22(4-2)10-9-20-11-15-16(24)21-18(26)23(17(15)25)12-13-5-7-14(19)8-6-13/h5-8,11,15H,3-4,9-10,12H2,1-2H3,(H,21,24,26). The highest BCUT2D eigenvalue weighted by Gasteiger charge is 2.39. The van der Waals surface area contributed by atoms with Gasteiger partial charge in [0.15, 0.2) is 5.92 Å². The second-order valence-electron chi connectivity index (χ2n) is 5.91. The van der Waals surface area contributed by atoms with E-state index in [4.69, 9.17) is 0 Å². The molecule has 26 heavy (non-hydrogen) atoms. The van der Waals surface area contributed by atoms with Crippen LogP contribution < -0.4 is 5.32 Å². The minimum absolute atomic E-state index is 0.0397. The van der Waals surface area contributed by atoms with Crippen LogP contribution in [0.1, 0.15) is 19.4 Å². The van der Waals surface area contributed by atoms with Crippen molar-refractivity contribution in [3.8, 4) is 0 Å². The quantitative estimate of drug-likeness (QED) is 0.560. The van der Waals surface area contributed by atoms with Crippen LogP contribution in [0.25, 0.3) is 0 Å². The van der Waals surface area contributed by atoms with E-state index in [2.05, 4.69) is 15.2 Å². The van der Waals surface area contributed by atoms with Crippen LogP contribution in [0.4, 0.5) is 9.18 Å². The predicted octanol–water partition coefficient (Wildman–Crippen LogP) is 1.43. The molecule has 1 N–H and O–H groups in total. The van der Waals surface area contributed by atoms with E-state index in [1.54, 1.807) is 0 Å². The van der Waals surface area contributed by atoms with Gasteiger partial charge in [-0.2, -0.15) is 0 Å². The first-order valence-electron chi connectivity index (χ1n) is 8.59. The minimum Gasteiger partial charge on any atom is -0.302 e. The first-order valence-corrected chi connectivity index (χ1v) is 8.59. The average Bonchev–Trinajstić information content (AvgIpc) is 2.62. The summed E-state index contributed by atoms with van der Waals surface area (Å²) in [5, 5.41) is 2.17. The second-order valence-corrected chi connectivity index (χ2v) is 5.91. The molecular formula is C18H23FN4O3. The zero-order valence-electron chi connectivity index (χ0n) is 14.9. The van der Waals surface area contributed by atoms with E-state index in [1.807, 2.05) is 13.8 Å². The van der Waals surface area contributed by atoms with Crippen molar-refractivity contribution in [2.24, 2.45) is 10.9 Å². The van der Waals surface area contributed by atoms with Gasteiger partial charge in [-0.3, -0.25) is 24.8 Å². The number of halogens is 1. The number of aliphatic imine (C=N–C) groups is 1. The van der Waals surface area contributed by atoms with Crippen molar-refractivity contribution in [2.45, 2.75) is 20.4 Å². The summed E-state index contributed by atoms with van der Waals surface area (Å²) in [7, 11) is 0. The summed E-state index contributed by atoms with van der Waals surface area (Å²) < 4.78 is 13.0. The predicted molar refractivity (Wildman–Crippen MR) is 95.1 cm³/mol.